The van der Waals surface area contributed by atoms with Gasteiger partial charge in [-0.2, -0.15) is 0 Å². The molecule has 1 aromatic heterocycles. The van der Waals surface area contributed by atoms with Crippen LogP contribution in [0.1, 0.15) is 36.2 Å². The first kappa shape index (κ1) is 20.0. The van der Waals surface area contributed by atoms with E-state index < -0.39 is 0 Å². The molecule has 0 spiro atoms. The van der Waals surface area contributed by atoms with Gasteiger partial charge >= 0.3 is 0 Å². The molecule has 136 valence electrons. The highest BCUT2D eigenvalue weighted by Gasteiger charge is 2.30. The molecule has 6 heteroatoms. The second kappa shape index (κ2) is 8.84. The summed E-state index contributed by atoms with van der Waals surface area (Å²) in [5, 5.41) is 4.69. The minimum atomic E-state index is 0. The molecule has 25 heavy (non-hydrogen) atoms. The number of carbonyl (C=O) groups excluding carboxylic acids is 1. The average Bonchev–Trinajstić information content (AvgIpc) is 3.15. The first-order valence-corrected chi connectivity index (χ1v) is 8.70. The minimum Gasteiger partial charge on any atom is -0.337 e. The predicted molar refractivity (Wildman–Crippen MR) is 106 cm³/mol. The van der Waals surface area contributed by atoms with Crippen molar-refractivity contribution in [3.63, 3.8) is 0 Å². The average molecular weight is 382 g/mol. The van der Waals surface area contributed by atoms with E-state index in [0.29, 0.717) is 11.7 Å². The smallest absolute Gasteiger partial charge is 0.272 e. The fourth-order valence-corrected chi connectivity index (χ4v) is 3.97. The standard InChI is InChI=1S/C19H23N3O.2ClH/c23-19(18-8-7-14-4-1-2-5-17(14)21-18)22-12-9-15(10-13-22)16-6-3-11-20-16;;/h1-2,4-5,7-8,15-16,20H,3,6,9-13H2;2*1H. The topological polar surface area (TPSA) is 45.2 Å². The Bertz CT molecular complexity index is 711. The van der Waals surface area contributed by atoms with Crippen LogP contribution in [0.25, 0.3) is 10.9 Å². The zero-order chi connectivity index (χ0) is 15.6. The molecule has 4 rings (SSSR count). The summed E-state index contributed by atoms with van der Waals surface area (Å²) >= 11 is 0. The minimum absolute atomic E-state index is 0. The Morgan fingerprint density at radius 3 is 2.52 bits per heavy atom. The van der Waals surface area contributed by atoms with Gasteiger partial charge in [0.1, 0.15) is 5.69 Å². The monoisotopic (exact) mass is 381 g/mol. The van der Waals surface area contributed by atoms with E-state index in [1.165, 1.54) is 12.8 Å². The number of hydrogen-bond acceptors (Lipinski definition) is 3. The molecule has 0 aliphatic carbocycles. The number of aromatic nitrogens is 1. The second-order valence-electron chi connectivity index (χ2n) is 6.72. The van der Waals surface area contributed by atoms with Crippen molar-refractivity contribution >= 4 is 41.6 Å². The second-order valence-corrected chi connectivity index (χ2v) is 6.72. The molecule has 2 saturated heterocycles. The lowest BCUT2D eigenvalue weighted by atomic mass is 9.88. The maximum absolute atomic E-state index is 12.7. The number of benzene rings is 1. The fourth-order valence-electron chi connectivity index (χ4n) is 3.97. The normalized spacial score (nSPS) is 20.8. The van der Waals surface area contributed by atoms with Crippen LogP contribution in [0.15, 0.2) is 36.4 Å². The summed E-state index contributed by atoms with van der Waals surface area (Å²) in [5.74, 6) is 0.805. The van der Waals surface area contributed by atoms with Gasteiger partial charge in [-0.05, 0) is 50.3 Å². The lowest BCUT2D eigenvalue weighted by Crippen LogP contribution is -2.43. The molecule has 2 aromatic rings. The number of carbonyl (C=O) groups is 1. The third kappa shape index (κ3) is 4.25. The number of rotatable bonds is 2. The van der Waals surface area contributed by atoms with E-state index >= 15 is 0 Å². The highest BCUT2D eigenvalue weighted by molar-refractivity contribution is 5.95. The summed E-state index contributed by atoms with van der Waals surface area (Å²) in [6.45, 7) is 2.87. The number of para-hydroxylation sites is 1. The van der Waals surface area contributed by atoms with Gasteiger partial charge in [0.05, 0.1) is 5.52 Å². The largest absolute Gasteiger partial charge is 0.337 e. The molecule has 3 heterocycles. The van der Waals surface area contributed by atoms with Crippen LogP contribution in [-0.4, -0.2) is 41.5 Å². The number of pyridine rings is 1. The summed E-state index contributed by atoms with van der Waals surface area (Å²) in [4.78, 5) is 19.2. The third-order valence-corrected chi connectivity index (χ3v) is 5.31. The number of hydrogen-bond donors (Lipinski definition) is 1. The zero-order valence-electron chi connectivity index (χ0n) is 14.2. The van der Waals surface area contributed by atoms with Crippen molar-refractivity contribution in [1.82, 2.24) is 15.2 Å². The van der Waals surface area contributed by atoms with Crippen molar-refractivity contribution in [3.05, 3.63) is 42.1 Å². The molecule has 2 fully saturated rings. The zero-order valence-corrected chi connectivity index (χ0v) is 15.8. The molecule has 1 aromatic carbocycles. The van der Waals surface area contributed by atoms with Crippen LogP contribution in [0.4, 0.5) is 0 Å². The van der Waals surface area contributed by atoms with Crippen LogP contribution in [0.2, 0.25) is 0 Å². The van der Waals surface area contributed by atoms with Gasteiger partial charge in [0.2, 0.25) is 0 Å². The Hall–Kier alpha value is -1.36. The number of nitrogens with zero attached hydrogens (tertiary/aromatic N) is 2. The van der Waals surface area contributed by atoms with E-state index in [0.717, 1.165) is 49.3 Å². The Morgan fingerprint density at radius 1 is 1.04 bits per heavy atom. The van der Waals surface area contributed by atoms with Crippen molar-refractivity contribution in [2.24, 2.45) is 5.92 Å². The van der Waals surface area contributed by atoms with E-state index in [4.69, 9.17) is 0 Å². The third-order valence-electron chi connectivity index (χ3n) is 5.31. The molecular formula is C19H25Cl2N3O. The Morgan fingerprint density at radius 2 is 1.80 bits per heavy atom. The van der Waals surface area contributed by atoms with Gasteiger partial charge in [0.25, 0.3) is 5.91 Å². The molecule has 0 bridgehead atoms. The van der Waals surface area contributed by atoms with Crippen molar-refractivity contribution in [2.75, 3.05) is 19.6 Å². The summed E-state index contributed by atoms with van der Waals surface area (Å²) in [6.07, 6.45) is 4.81. The number of fused-ring (bicyclic) bond motifs is 1. The van der Waals surface area contributed by atoms with Gasteiger partial charge in [0, 0.05) is 24.5 Å². The van der Waals surface area contributed by atoms with E-state index in [1.54, 1.807) is 0 Å². The van der Waals surface area contributed by atoms with Crippen LogP contribution >= 0.6 is 24.8 Å². The SMILES string of the molecule is Cl.Cl.O=C(c1ccc2ccccc2n1)N1CCC(C2CCCN2)CC1. The van der Waals surface area contributed by atoms with Gasteiger partial charge in [-0.25, -0.2) is 4.98 Å². The summed E-state index contributed by atoms with van der Waals surface area (Å²) in [6, 6.07) is 12.5. The van der Waals surface area contributed by atoms with Gasteiger partial charge in [0.15, 0.2) is 0 Å². The Balaban J connectivity index is 0.00000113. The van der Waals surface area contributed by atoms with Gasteiger partial charge in [-0.15, -0.1) is 24.8 Å². The Labute approximate surface area is 161 Å². The van der Waals surface area contributed by atoms with Crippen LogP contribution in [0, 0.1) is 5.92 Å². The maximum Gasteiger partial charge on any atom is 0.272 e. The lowest BCUT2D eigenvalue weighted by Gasteiger charge is -2.34. The maximum atomic E-state index is 12.7. The predicted octanol–water partition coefficient (Wildman–Crippen LogP) is 3.68. The fraction of sp³-hybridized carbons (Fsp3) is 0.474. The first-order chi connectivity index (χ1) is 11.3. The van der Waals surface area contributed by atoms with Gasteiger partial charge in [-0.1, -0.05) is 24.3 Å². The van der Waals surface area contributed by atoms with E-state index in [9.17, 15) is 4.79 Å². The van der Waals surface area contributed by atoms with Crippen molar-refractivity contribution < 1.29 is 4.79 Å². The quantitative estimate of drug-likeness (QED) is 0.862. The molecule has 1 atom stereocenters. The first-order valence-electron chi connectivity index (χ1n) is 8.70. The molecule has 1 unspecified atom stereocenters. The Kier molecular flexibility index (Phi) is 7.05. The van der Waals surface area contributed by atoms with Crippen LogP contribution in [0.3, 0.4) is 0 Å². The summed E-state index contributed by atoms with van der Waals surface area (Å²) < 4.78 is 0. The number of nitrogens with one attached hydrogen (secondary N) is 1. The molecule has 2 aliphatic heterocycles. The van der Waals surface area contributed by atoms with E-state index in [2.05, 4.69) is 10.3 Å². The van der Waals surface area contributed by atoms with Crippen molar-refractivity contribution in [1.29, 1.82) is 0 Å². The molecule has 0 saturated carbocycles. The molecule has 4 nitrogen and oxygen atoms in total. The number of piperidine rings is 1. The van der Waals surface area contributed by atoms with Gasteiger partial charge < -0.3 is 10.2 Å². The molecule has 1 amide bonds. The lowest BCUT2D eigenvalue weighted by molar-refractivity contribution is 0.0669. The van der Waals surface area contributed by atoms with Crippen molar-refractivity contribution in [2.45, 2.75) is 31.7 Å². The summed E-state index contributed by atoms with van der Waals surface area (Å²) in [7, 11) is 0. The molecular weight excluding hydrogens is 357 g/mol. The molecule has 2 aliphatic rings. The van der Waals surface area contributed by atoms with Crippen LogP contribution in [0.5, 0.6) is 0 Å². The number of likely N-dealkylation sites (tertiary alicyclic amines) is 1. The number of amides is 1. The van der Waals surface area contributed by atoms with Gasteiger partial charge in [-0.3, -0.25) is 4.79 Å². The highest BCUT2D eigenvalue weighted by Crippen LogP contribution is 2.26. The molecule has 1 N–H and O–H groups in total. The highest BCUT2D eigenvalue weighted by atomic mass is 35.5. The summed E-state index contributed by atoms with van der Waals surface area (Å²) in [5.41, 5.74) is 1.46. The number of halogens is 2. The van der Waals surface area contributed by atoms with Crippen molar-refractivity contribution in [3.8, 4) is 0 Å². The van der Waals surface area contributed by atoms with E-state index in [-0.39, 0.29) is 30.7 Å². The molecule has 0 radical (unpaired) electrons. The van der Waals surface area contributed by atoms with Crippen LogP contribution in [-0.2, 0) is 0 Å². The van der Waals surface area contributed by atoms with E-state index in [1.807, 2.05) is 41.3 Å². The van der Waals surface area contributed by atoms with Crippen LogP contribution < -0.4 is 5.32 Å².